The molecule has 2 aromatic heterocycles. The van der Waals surface area contributed by atoms with Crippen LogP contribution in [0.3, 0.4) is 0 Å². The highest BCUT2D eigenvalue weighted by Crippen LogP contribution is 2.38. The highest BCUT2D eigenvalue weighted by atomic mass is 35.5. The second kappa shape index (κ2) is 6.05. The molecule has 23 heavy (non-hydrogen) atoms. The van der Waals surface area contributed by atoms with Crippen LogP contribution in [0.15, 0.2) is 37.1 Å². The minimum atomic E-state index is 0.102. The van der Waals surface area contributed by atoms with Crippen molar-refractivity contribution in [2.75, 3.05) is 5.32 Å². The van der Waals surface area contributed by atoms with E-state index in [1.54, 1.807) is 18.5 Å². The van der Waals surface area contributed by atoms with Crippen LogP contribution < -0.4 is 5.32 Å². The van der Waals surface area contributed by atoms with Crippen LogP contribution in [0, 0.1) is 16.7 Å². The molecular formula is C17H18ClN5. The number of aromatic nitrogens is 3. The molecule has 5 nitrogen and oxygen atoms in total. The van der Waals surface area contributed by atoms with Gasteiger partial charge in [-0.3, -0.25) is 0 Å². The maximum absolute atomic E-state index is 8.92. The minimum Gasteiger partial charge on any atom is -0.377 e. The summed E-state index contributed by atoms with van der Waals surface area (Å²) in [5, 5.41) is 12.8. The van der Waals surface area contributed by atoms with Gasteiger partial charge in [0, 0.05) is 18.1 Å². The fourth-order valence-corrected chi connectivity index (χ4v) is 2.98. The molecule has 0 bridgehead atoms. The quantitative estimate of drug-likeness (QED) is 0.927. The first-order valence-corrected chi connectivity index (χ1v) is 7.88. The average molecular weight is 328 g/mol. The van der Waals surface area contributed by atoms with E-state index in [0.717, 1.165) is 18.5 Å². The van der Waals surface area contributed by atoms with Crippen molar-refractivity contribution in [3.8, 4) is 6.07 Å². The molecule has 2 heterocycles. The molecule has 0 saturated carbocycles. The first kappa shape index (κ1) is 15.6. The number of nitriles is 1. The lowest BCUT2D eigenvalue weighted by atomic mass is 9.75. The third kappa shape index (κ3) is 3.22. The predicted octanol–water partition coefficient (Wildman–Crippen LogP) is 3.94. The standard InChI is InChI=1S/C17H18ClN5/c1-17(2)4-3-13(23-6-5-20-11-23)8-16(17)22-12-7-14(18)15(9-19)21-10-12/h5-8,10-11,16,22H,3-4H2,1-2H3. The third-order valence-corrected chi connectivity index (χ3v) is 4.62. The molecule has 1 N–H and O–H groups in total. The second-order valence-corrected chi connectivity index (χ2v) is 6.81. The topological polar surface area (TPSA) is 66.5 Å². The number of nitrogens with one attached hydrogen (secondary N) is 1. The fraction of sp³-hybridized carbons (Fsp3) is 0.353. The number of imidazole rings is 1. The van der Waals surface area contributed by atoms with Crippen molar-refractivity contribution in [2.45, 2.75) is 32.7 Å². The lowest BCUT2D eigenvalue weighted by molar-refractivity contribution is 0.304. The molecule has 0 saturated heterocycles. The van der Waals surface area contributed by atoms with Gasteiger partial charge in [0.25, 0.3) is 0 Å². The molecule has 0 aliphatic heterocycles. The van der Waals surface area contributed by atoms with Crippen molar-refractivity contribution in [1.82, 2.24) is 14.5 Å². The van der Waals surface area contributed by atoms with Gasteiger partial charge in [0.15, 0.2) is 5.69 Å². The molecule has 0 fully saturated rings. The average Bonchev–Trinajstić information content (AvgIpc) is 3.04. The van der Waals surface area contributed by atoms with E-state index < -0.39 is 0 Å². The molecule has 1 unspecified atom stereocenters. The molecule has 1 aliphatic rings. The summed E-state index contributed by atoms with van der Waals surface area (Å²) in [6.45, 7) is 4.48. The number of pyridine rings is 1. The van der Waals surface area contributed by atoms with Crippen LogP contribution in [-0.2, 0) is 0 Å². The molecule has 3 rings (SSSR count). The van der Waals surface area contributed by atoms with Gasteiger partial charge in [-0.05, 0) is 30.4 Å². The van der Waals surface area contributed by atoms with E-state index >= 15 is 0 Å². The zero-order valence-corrected chi connectivity index (χ0v) is 13.9. The molecule has 0 amide bonds. The van der Waals surface area contributed by atoms with Gasteiger partial charge in [-0.1, -0.05) is 25.4 Å². The van der Waals surface area contributed by atoms with Gasteiger partial charge >= 0.3 is 0 Å². The number of hydrogen-bond acceptors (Lipinski definition) is 4. The first-order chi connectivity index (χ1) is 11.0. The molecule has 2 aromatic rings. The Bertz CT molecular complexity index is 771. The van der Waals surface area contributed by atoms with Crippen LogP contribution in [0.4, 0.5) is 5.69 Å². The van der Waals surface area contributed by atoms with Crippen molar-refractivity contribution < 1.29 is 0 Å². The van der Waals surface area contributed by atoms with Gasteiger partial charge in [-0.2, -0.15) is 5.26 Å². The maximum atomic E-state index is 8.92. The van der Waals surface area contributed by atoms with Crippen molar-refractivity contribution in [2.24, 2.45) is 5.41 Å². The Hall–Kier alpha value is -2.32. The summed E-state index contributed by atoms with van der Waals surface area (Å²) in [5.41, 5.74) is 2.39. The van der Waals surface area contributed by atoms with E-state index in [2.05, 4.69) is 35.2 Å². The summed E-state index contributed by atoms with van der Waals surface area (Å²) in [5.74, 6) is 0. The highest BCUT2D eigenvalue weighted by molar-refractivity contribution is 6.31. The lowest BCUT2D eigenvalue weighted by Gasteiger charge is -2.38. The van der Waals surface area contributed by atoms with Crippen molar-refractivity contribution in [3.05, 3.63) is 47.8 Å². The SMILES string of the molecule is CC1(C)CCC(n2ccnc2)=CC1Nc1cnc(C#N)c(Cl)c1. The summed E-state index contributed by atoms with van der Waals surface area (Å²) < 4.78 is 2.05. The van der Waals surface area contributed by atoms with Gasteiger partial charge in [0.2, 0.25) is 0 Å². The van der Waals surface area contributed by atoms with Crippen molar-refractivity contribution in [3.63, 3.8) is 0 Å². The van der Waals surface area contributed by atoms with Gasteiger partial charge < -0.3 is 9.88 Å². The zero-order valence-electron chi connectivity index (χ0n) is 13.1. The summed E-state index contributed by atoms with van der Waals surface area (Å²) >= 11 is 6.08. The Morgan fingerprint density at radius 2 is 2.30 bits per heavy atom. The Balaban J connectivity index is 1.88. The Morgan fingerprint density at radius 3 is 2.96 bits per heavy atom. The smallest absolute Gasteiger partial charge is 0.159 e. The number of halogens is 1. The van der Waals surface area contributed by atoms with Crippen LogP contribution in [0.5, 0.6) is 0 Å². The molecule has 118 valence electrons. The summed E-state index contributed by atoms with van der Waals surface area (Å²) in [4.78, 5) is 8.20. The van der Waals surface area contributed by atoms with Crippen molar-refractivity contribution >= 4 is 23.0 Å². The number of rotatable bonds is 3. The van der Waals surface area contributed by atoms with E-state index in [1.165, 1.54) is 5.70 Å². The Kier molecular flexibility index (Phi) is 4.10. The van der Waals surface area contributed by atoms with E-state index in [4.69, 9.17) is 16.9 Å². The van der Waals surface area contributed by atoms with E-state index in [1.807, 2.05) is 23.2 Å². The van der Waals surface area contributed by atoms with Gasteiger partial charge in [-0.15, -0.1) is 0 Å². The summed E-state index contributed by atoms with van der Waals surface area (Å²) in [6.07, 6.45) is 11.5. The van der Waals surface area contributed by atoms with E-state index in [9.17, 15) is 0 Å². The van der Waals surface area contributed by atoms with Crippen LogP contribution in [0.25, 0.3) is 5.70 Å². The van der Waals surface area contributed by atoms with Gasteiger partial charge in [0.05, 0.1) is 29.3 Å². The summed E-state index contributed by atoms with van der Waals surface area (Å²) in [6, 6.07) is 3.87. The predicted molar refractivity (Wildman–Crippen MR) is 90.9 cm³/mol. The molecule has 0 radical (unpaired) electrons. The van der Waals surface area contributed by atoms with Crippen LogP contribution in [0.1, 0.15) is 32.4 Å². The Labute approximate surface area is 140 Å². The van der Waals surface area contributed by atoms with E-state index in [-0.39, 0.29) is 17.2 Å². The molecule has 0 spiro atoms. The van der Waals surface area contributed by atoms with Gasteiger partial charge in [-0.25, -0.2) is 9.97 Å². The molecule has 1 aliphatic carbocycles. The van der Waals surface area contributed by atoms with E-state index in [0.29, 0.717) is 5.02 Å². The Morgan fingerprint density at radius 1 is 1.48 bits per heavy atom. The lowest BCUT2D eigenvalue weighted by Crippen LogP contribution is -2.37. The highest BCUT2D eigenvalue weighted by Gasteiger charge is 2.32. The molecular weight excluding hydrogens is 310 g/mol. The number of hydrogen-bond donors (Lipinski definition) is 1. The molecule has 1 atom stereocenters. The summed E-state index contributed by atoms with van der Waals surface area (Å²) in [7, 11) is 0. The zero-order chi connectivity index (χ0) is 16.4. The molecule has 6 heteroatoms. The van der Waals surface area contributed by atoms with Gasteiger partial charge in [0.1, 0.15) is 6.07 Å². The number of allylic oxidation sites excluding steroid dienone is 1. The first-order valence-electron chi connectivity index (χ1n) is 7.51. The fourth-order valence-electron chi connectivity index (χ4n) is 2.77. The minimum absolute atomic E-state index is 0.102. The number of anilines is 1. The van der Waals surface area contributed by atoms with Crippen LogP contribution in [0.2, 0.25) is 5.02 Å². The normalized spacial score (nSPS) is 19.7. The number of nitrogens with zero attached hydrogens (tertiary/aromatic N) is 4. The molecule has 0 aromatic carbocycles. The van der Waals surface area contributed by atoms with Crippen LogP contribution >= 0.6 is 11.6 Å². The van der Waals surface area contributed by atoms with Crippen LogP contribution in [-0.4, -0.2) is 20.6 Å². The largest absolute Gasteiger partial charge is 0.377 e. The second-order valence-electron chi connectivity index (χ2n) is 6.40. The maximum Gasteiger partial charge on any atom is 0.159 e. The monoisotopic (exact) mass is 327 g/mol. The third-order valence-electron chi connectivity index (χ3n) is 4.33. The van der Waals surface area contributed by atoms with Crippen molar-refractivity contribution in [1.29, 1.82) is 5.26 Å².